The molecule has 0 saturated heterocycles. The highest BCUT2D eigenvalue weighted by Gasteiger charge is 2.71. The Balaban J connectivity index is 0.000000122. The number of esters is 2. The fourth-order valence-corrected chi connectivity index (χ4v) is 12.4. The van der Waals surface area contributed by atoms with Gasteiger partial charge in [0.05, 0.1) is 25.0 Å². The van der Waals surface area contributed by atoms with Crippen molar-refractivity contribution in [2.24, 2.45) is 93.7 Å². The van der Waals surface area contributed by atoms with Crippen molar-refractivity contribution >= 4 is 11.9 Å². The van der Waals surface area contributed by atoms with Gasteiger partial charge in [0.15, 0.2) is 0 Å². The third-order valence-corrected chi connectivity index (χ3v) is 14.1. The Morgan fingerprint density at radius 1 is 0.611 bits per heavy atom. The quantitative estimate of drug-likeness (QED) is 0.279. The van der Waals surface area contributed by atoms with Gasteiger partial charge in [-0.05, 0) is 122 Å². The topological polar surface area (TPSA) is 52.6 Å². The summed E-state index contributed by atoms with van der Waals surface area (Å²) in [5.41, 5.74) is -0.447. The molecule has 6 saturated carbocycles. The summed E-state index contributed by atoms with van der Waals surface area (Å²) in [4.78, 5) is 24.6. The molecule has 0 radical (unpaired) electrons. The first-order valence-electron chi connectivity index (χ1n) is 14.7. The van der Waals surface area contributed by atoms with Gasteiger partial charge in [-0.3, -0.25) is 9.59 Å². The number of carbonyl (C=O) groups is 2. The van der Waals surface area contributed by atoms with Crippen molar-refractivity contribution in [1.29, 1.82) is 0 Å². The molecule has 8 bridgehead atoms. The average molecular weight is 493 g/mol. The summed E-state index contributed by atoms with van der Waals surface area (Å²) in [6, 6.07) is 0. The Kier molecular flexibility index (Phi) is 4.90. The average Bonchev–Trinajstić information content (AvgIpc) is 3.72. The second kappa shape index (κ2) is 7.50. The Morgan fingerprint density at radius 3 is 1.28 bits per heavy atom. The minimum absolute atomic E-state index is 0.0349. The highest BCUT2D eigenvalue weighted by Crippen LogP contribution is 2.73. The number of carbonyl (C=O) groups excluding carboxylic acids is 2. The minimum atomic E-state index is -0.223. The van der Waals surface area contributed by atoms with Crippen LogP contribution in [0.5, 0.6) is 0 Å². The van der Waals surface area contributed by atoms with Gasteiger partial charge in [-0.1, -0.05) is 38.2 Å². The Bertz CT molecular complexity index is 963. The van der Waals surface area contributed by atoms with E-state index in [1.165, 1.54) is 25.7 Å². The van der Waals surface area contributed by atoms with Crippen LogP contribution in [0.15, 0.2) is 24.3 Å². The molecule has 36 heavy (non-hydrogen) atoms. The zero-order chi connectivity index (χ0) is 25.3. The molecule has 0 heterocycles. The molecule has 196 valence electrons. The lowest BCUT2D eigenvalue weighted by molar-refractivity contribution is -0.162. The third-order valence-electron chi connectivity index (χ3n) is 14.1. The van der Waals surface area contributed by atoms with Gasteiger partial charge in [0.1, 0.15) is 0 Å². The van der Waals surface area contributed by atoms with Crippen molar-refractivity contribution in [3.05, 3.63) is 24.3 Å². The van der Waals surface area contributed by atoms with E-state index in [0.29, 0.717) is 23.7 Å². The van der Waals surface area contributed by atoms with Crippen LogP contribution >= 0.6 is 0 Å². The second-order valence-corrected chi connectivity index (χ2v) is 14.3. The standard InChI is InChI=1S/2C16H22O2/c2*1-8-11-7-12(16(8,2)15(17)18-3)14-10-5-4-9(6-10)13(11)14/h2*4-5,8-14H,6-7H2,1-3H3. The van der Waals surface area contributed by atoms with Gasteiger partial charge in [0.25, 0.3) is 0 Å². The van der Waals surface area contributed by atoms with Crippen molar-refractivity contribution in [2.75, 3.05) is 14.2 Å². The molecular formula is C32H44O4. The molecule has 0 spiro atoms. The minimum Gasteiger partial charge on any atom is -0.469 e. The molecule has 4 heteroatoms. The van der Waals surface area contributed by atoms with E-state index in [9.17, 15) is 9.59 Å². The maximum atomic E-state index is 12.3. The summed E-state index contributed by atoms with van der Waals surface area (Å²) < 4.78 is 10.3. The second-order valence-electron chi connectivity index (χ2n) is 14.3. The monoisotopic (exact) mass is 492 g/mol. The van der Waals surface area contributed by atoms with Crippen LogP contribution in [0.4, 0.5) is 0 Å². The fourth-order valence-electron chi connectivity index (χ4n) is 12.4. The van der Waals surface area contributed by atoms with Crippen LogP contribution in [0.2, 0.25) is 0 Å². The molecule has 0 aromatic carbocycles. The molecule has 0 aliphatic heterocycles. The maximum absolute atomic E-state index is 12.3. The predicted octanol–water partition coefficient (Wildman–Crippen LogP) is 5.78. The molecule has 8 aliphatic rings. The van der Waals surface area contributed by atoms with Crippen LogP contribution in [0.3, 0.4) is 0 Å². The molecule has 4 nitrogen and oxygen atoms in total. The number of fused-ring (bicyclic) bond motifs is 18. The molecule has 0 amide bonds. The third kappa shape index (κ3) is 2.53. The molecule has 0 aromatic rings. The lowest BCUT2D eigenvalue weighted by Crippen LogP contribution is -2.47. The maximum Gasteiger partial charge on any atom is 0.312 e. The number of ether oxygens (including phenoxy) is 2. The van der Waals surface area contributed by atoms with E-state index in [0.717, 1.165) is 59.2 Å². The van der Waals surface area contributed by atoms with Crippen molar-refractivity contribution < 1.29 is 19.1 Å². The first kappa shape index (κ1) is 23.5. The number of methoxy groups -OCH3 is 2. The van der Waals surface area contributed by atoms with Crippen LogP contribution in [0.25, 0.3) is 0 Å². The first-order chi connectivity index (χ1) is 17.2. The number of hydrogen-bond acceptors (Lipinski definition) is 4. The van der Waals surface area contributed by atoms with Gasteiger partial charge in [-0.15, -0.1) is 0 Å². The zero-order valence-corrected chi connectivity index (χ0v) is 22.9. The van der Waals surface area contributed by atoms with Crippen LogP contribution in [-0.4, -0.2) is 26.2 Å². The molecule has 0 N–H and O–H groups in total. The first-order valence-corrected chi connectivity index (χ1v) is 14.7. The fraction of sp³-hybridized carbons (Fsp3) is 0.812. The smallest absolute Gasteiger partial charge is 0.312 e. The van der Waals surface area contributed by atoms with Gasteiger partial charge in [-0.2, -0.15) is 0 Å². The van der Waals surface area contributed by atoms with Gasteiger partial charge in [0, 0.05) is 0 Å². The highest BCUT2D eigenvalue weighted by molar-refractivity contribution is 5.78. The van der Waals surface area contributed by atoms with E-state index < -0.39 is 0 Å². The largest absolute Gasteiger partial charge is 0.469 e. The Morgan fingerprint density at radius 2 is 0.944 bits per heavy atom. The number of hydrogen-bond donors (Lipinski definition) is 0. The summed E-state index contributed by atoms with van der Waals surface area (Å²) in [5, 5.41) is 0. The summed E-state index contributed by atoms with van der Waals surface area (Å²) in [5.74, 6) is 10.1. The van der Waals surface area contributed by atoms with Crippen molar-refractivity contribution in [3.63, 3.8) is 0 Å². The molecule has 6 fully saturated rings. The lowest BCUT2D eigenvalue weighted by atomic mass is 9.58. The van der Waals surface area contributed by atoms with E-state index in [2.05, 4.69) is 52.0 Å². The molecular weight excluding hydrogens is 448 g/mol. The van der Waals surface area contributed by atoms with Gasteiger partial charge < -0.3 is 9.47 Å². The Hall–Kier alpha value is -1.58. The molecule has 8 aliphatic carbocycles. The summed E-state index contributed by atoms with van der Waals surface area (Å²) in [6.07, 6.45) is 15.0. The van der Waals surface area contributed by atoms with Crippen molar-refractivity contribution in [3.8, 4) is 0 Å². The molecule has 8 rings (SSSR count). The zero-order valence-electron chi connectivity index (χ0n) is 22.9. The summed E-state index contributed by atoms with van der Waals surface area (Å²) in [7, 11) is 3.09. The Labute approximate surface area is 216 Å². The van der Waals surface area contributed by atoms with Gasteiger partial charge in [-0.25, -0.2) is 0 Å². The van der Waals surface area contributed by atoms with Crippen LogP contribution < -0.4 is 0 Å². The number of rotatable bonds is 2. The molecule has 16 unspecified atom stereocenters. The van der Waals surface area contributed by atoms with Crippen LogP contribution in [0.1, 0.15) is 53.4 Å². The molecule has 0 aromatic heterocycles. The predicted molar refractivity (Wildman–Crippen MR) is 137 cm³/mol. The van der Waals surface area contributed by atoms with Crippen LogP contribution in [0, 0.1) is 93.7 Å². The van der Waals surface area contributed by atoms with Gasteiger partial charge >= 0.3 is 11.9 Å². The van der Waals surface area contributed by atoms with E-state index in [1.807, 2.05) is 0 Å². The summed E-state index contributed by atoms with van der Waals surface area (Å²) >= 11 is 0. The van der Waals surface area contributed by atoms with Gasteiger partial charge in [0.2, 0.25) is 0 Å². The van der Waals surface area contributed by atoms with E-state index in [1.54, 1.807) is 14.2 Å². The molecule has 16 atom stereocenters. The van der Waals surface area contributed by atoms with E-state index in [-0.39, 0.29) is 22.8 Å². The van der Waals surface area contributed by atoms with Crippen molar-refractivity contribution in [2.45, 2.75) is 53.4 Å². The SMILES string of the molecule is COC(=O)C1(C)C(C)C2CC1C1C3C=CC(C3)C21.COC(=O)C1(C)C(C)C2CC1C1C3C=CC(C3)C21. The lowest BCUT2D eigenvalue weighted by Gasteiger charge is -2.45. The normalized spacial score (nSPS) is 59.2. The van der Waals surface area contributed by atoms with Crippen molar-refractivity contribution in [1.82, 2.24) is 0 Å². The van der Waals surface area contributed by atoms with E-state index in [4.69, 9.17) is 9.47 Å². The van der Waals surface area contributed by atoms with E-state index >= 15 is 0 Å². The summed E-state index contributed by atoms with van der Waals surface area (Å²) in [6.45, 7) is 8.90. The van der Waals surface area contributed by atoms with Crippen LogP contribution in [-0.2, 0) is 19.1 Å². The highest BCUT2D eigenvalue weighted by atomic mass is 16.5. The number of allylic oxidation sites excluding steroid dienone is 4.